The van der Waals surface area contributed by atoms with Crippen LogP contribution in [-0.4, -0.2) is 39.5 Å². The molecule has 140 valence electrons. The molecule has 0 saturated heterocycles. The second kappa shape index (κ2) is 8.05. The molecule has 2 aromatic rings. The summed E-state index contributed by atoms with van der Waals surface area (Å²) in [6.07, 6.45) is 0. The summed E-state index contributed by atoms with van der Waals surface area (Å²) in [5.41, 5.74) is 4.34. The van der Waals surface area contributed by atoms with Gasteiger partial charge >= 0.3 is 11.9 Å². The number of carbonyl (C=O) groups is 2. The van der Waals surface area contributed by atoms with Gasteiger partial charge in [0.2, 0.25) is 0 Å². The van der Waals surface area contributed by atoms with Gasteiger partial charge in [0, 0.05) is 5.69 Å². The van der Waals surface area contributed by atoms with Crippen LogP contribution in [0.3, 0.4) is 0 Å². The molecule has 6 heteroatoms. The molecule has 0 amide bonds. The molecule has 0 bridgehead atoms. The number of hydrogen-bond acceptors (Lipinski definition) is 6. The van der Waals surface area contributed by atoms with Crippen LogP contribution in [0.25, 0.3) is 11.1 Å². The Labute approximate surface area is 158 Å². The molecular formula is C21H21NO5. The SMILES string of the molecule is COC(=O)C1=C(C(=O)OC)N(c2ccc(-c3ccc(C)cc3)cc2)COC1. The van der Waals surface area contributed by atoms with Crippen molar-refractivity contribution in [2.24, 2.45) is 0 Å². The topological polar surface area (TPSA) is 65.1 Å². The smallest absolute Gasteiger partial charge is 0.355 e. The number of methoxy groups -OCH3 is 2. The fraction of sp³-hybridized carbons (Fsp3) is 0.238. The Morgan fingerprint density at radius 3 is 2.00 bits per heavy atom. The van der Waals surface area contributed by atoms with Crippen molar-refractivity contribution >= 4 is 17.6 Å². The quantitative estimate of drug-likeness (QED) is 0.774. The lowest BCUT2D eigenvalue weighted by Crippen LogP contribution is -2.38. The van der Waals surface area contributed by atoms with Crippen LogP contribution in [0.5, 0.6) is 0 Å². The summed E-state index contributed by atoms with van der Waals surface area (Å²) < 4.78 is 15.1. The lowest BCUT2D eigenvalue weighted by molar-refractivity contribution is -0.140. The summed E-state index contributed by atoms with van der Waals surface area (Å²) >= 11 is 0. The third-order valence-electron chi connectivity index (χ3n) is 4.40. The Morgan fingerprint density at radius 1 is 0.889 bits per heavy atom. The molecule has 0 unspecified atom stereocenters. The summed E-state index contributed by atoms with van der Waals surface area (Å²) in [6, 6.07) is 15.9. The van der Waals surface area contributed by atoms with E-state index in [1.165, 1.54) is 19.8 Å². The molecular weight excluding hydrogens is 346 g/mol. The number of rotatable bonds is 4. The zero-order valence-corrected chi connectivity index (χ0v) is 15.5. The fourth-order valence-electron chi connectivity index (χ4n) is 2.93. The Balaban J connectivity index is 1.97. The van der Waals surface area contributed by atoms with Crippen LogP contribution in [0.1, 0.15) is 5.56 Å². The van der Waals surface area contributed by atoms with E-state index in [-0.39, 0.29) is 24.6 Å². The van der Waals surface area contributed by atoms with Gasteiger partial charge in [-0.3, -0.25) is 0 Å². The van der Waals surface area contributed by atoms with E-state index in [0.717, 1.165) is 11.1 Å². The molecule has 0 spiro atoms. The molecule has 1 heterocycles. The minimum Gasteiger partial charge on any atom is -0.466 e. The highest BCUT2D eigenvalue weighted by Gasteiger charge is 2.32. The number of aryl methyl sites for hydroxylation is 1. The third kappa shape index (κ3) is 3.85. The zero-order valence-electron chi connectivity index (χ0n) is 15.5. The maximum Gasteiger partial charge on any atom is 0.355 e. The van der Waals surface area contributed by atoms with Gasteiger partial charge in [0.05, 0.1) is 26.4 Å². The van der Waals surface area contributed by atoms with Crippen LogP contribution in [0.2, 0.25) is 0 Å². The zero-order chi connectivity index (χ0) is 19.4. The first kappa shape index (κ1) is 18.7. The predicted octanol–water partition coefficient (Wildman–Crippen LogP) is 3.06. The molecule has 0 aliphatic carbocycles. The number of benzene rings is 2. The Hall–Kier alpha value is -3.12. The lowest BCUT2D eigenvalue weighted by Gasteiger charge is -2.31. The number of nitrogens with zero attached hydrogens (tertiary/aromatic N) is 1. The Kier molecular flexibility index (Phi) is 5.57. The molecule has 0 aromatic heterocycles. The van der Waals surface area contributed by atoms with Crippen molar-refractivity contribution in [1.29, 1.82) is 0 Å². The number of carbonyl (C=O) groups excluding carboxylic acids is 2. The molecule has 1 aliphatic rings. The van der Waals surface area contributed by atoms with Crippen molar-refractivity contribution in [3.05, 3.63) is 65.4 Å². The Morgan fingerprint density at radius 2 is 1.44 bits per heavy atom. The van der Waals surface area contributed by atoms with Crippen molar-refractivity contribution in [2.45, 2.75) is 6.92 Å². The monoisotopic (exact) mass is 367 g/mol. The van der Waals surface area contributed by atoms with Gasteiger partial charge in [0.1, 0.15) is 12.4 Å². The molecule has 6 nitrogen and oxygen atoms in total. The van der Waals surface area contributed by atoms with Gasteiger partial charge in [0.25, 0.3) is 0 Å². The summed E-state index contributed by atoms with van der Waals surface area (Å²) in [5, 5.41) is 0. The van der Waals surface area contributed by atoms with E-state index < -0.39 is 11.9 Å². The highest BCUT2D eigenvalue weighted by Crippen LogP contribution is 2.29. The van der Waals surface area contributed by atoms with Crippen LogP contribution in [0.15, 0.2) is 59.8 Å². The van der Waals surface area contributed by atoms with E-state index in [0.29, 0.717) is 5.69 Å². The third-order valence-corrected chi connectivity index (χ3v) is 4.40. The van der Waals surface area contributed by atoms with E-state index in [4.69, 9.17) is 14.2 Å². The average Bonchev–Trinajstić information content (AvgIpc) is 2.72. The van der Waals surface area contributed by atoms with E-state index in [1.54, 1.807) is 4.90 Å². The summed E-state index contributed by atoms with van der Waals surface area (Å²) in [7, 11) is 2.54. The van der Waals surface area contributed by atoms with Gasteiger partial charge in [-0.05, 0) is 30.2 Å². The van der Waals surface area contributed by atoms with Gasteiger partial charge in [-0.2, -0.15) is 0 Å². The maximum absolute atomic E-state index is 12.3. The molecule has 0 saturated carbocycles. The van der Waals surface area contributed by atoms with Crippen LogP contribution in [0.4, 0.5) is 5.69 Å². The highest BCUT2D eigenvalue weighted by atomic mass is 16.5. The van der Waals surface area contributed by atoms with Gasteiger partial charge in [-0.15, -0.1) is 0 Å². The minimum absolute atomic E-state index is 0.00490. The van der Waals surface area contributed by atoms with Crippen molar-refractivity contribution in [3.8, 4) is 11.1 Å². The molecule has 2 aromatic carbocycles. The summed E-state index contributed by atoms with van der Waals surface area (Å²) in [5.74, 6) is -1.22. The fourth-order valence-corrected chi connectivity index (χ4v) is 2.93. The molecule has 1 aliphatic heterocycles. The average molecular weight is 367 g/mol. The predicted molar refractivity (Wildman–Crippen MR) is 101 cm³/mol. The number of hydrogen-bond donors (Lipinski definition) is 0. The highest BCUT2D eigenvalue weighted by molar-refractivity contribution is 6.03. The second-order valence-electron chi connectivity index (χ2n) is 6.13. The van der Waals surface area contributed by atoms with Crippen LogP contribution in [-0.2, 0) is 23.8 Å². The molecule has 27 heavy (non-hydrogen) atoms. The first-order chi connectivity index (χ1) is 13.0. The summed E-state index contributed by atoms with van der Waals surface area (Å²) in [6.45, 7) is 2.17. The van der Waals surface area contributed by atoms with Crippen LogP contribution < -0.4 is 4.90 Å². The van der Waals surface area contributed by atoms with E-state index in [2.05, 4.69) is 24.3 Å². The van der Waals surface area contributed by atoms with Crippen molar-refractivity contribution in [1.82, 2.24) is 0 Å². The van der Waals surface area contributed by atoms with Crippen molar-refractivity contribution in [2.75, 3.05) is 32.5 Å². The Bertz CT molecular complexity index is 868. The summed E-state index contributed by atoms with van der Waals surface area (Å²) in [4.78, 5) is 26.0. The normalized spacial score (nSPS) is 14.1. The van der Waals surface area contributed by atoms with Gasteiger partial charge in [0.15, 0.2) is 0 Å². The van der Waals surface area contributed by atoms with Gasteiger partial charge < -0.3 is 19.1 Å². The minimum atomic E-state index is -0.614. The van der Waals surface area contributed by atoms with E-state index in [9.17, 15) is 9.59 Å². The maximum atomic E-state index is 12.3. The van der Waals surface area contributed by atoms with Crippen molar-refractivity contribution < 1.29 is 23.8 Å². The van der Waals surface area contributed by atoms with Crippen LogP contribution in [0, 0.1) is 6.92 Å². The van der Waals surface area contributed by atoms with Crippen molar-refractivity contribution in [3.63, 3.8) is 0 Å². The standard InChI is InChI=1S/C21H21NO5/c1-14-4-6-15(7-5-14)16-8-10-17(11-9-16)22-13-27-12-18(20(23)25-2)19(22)21(24)26-3/h4-11H,12-13H2,1-3H3. The molecule has 0 N–H and O–H groups in total. The molecule has 3 rings (SSSR count). The van der Waals surface area contributed by atoms with Gasteiger partial charge in [-0.25, -0.2) is 9.59 Å². The second-order valence-corrected chi connectivity index (χ2v) is 6.13. The van der Waals surface area contributed by atoms with Crippen LogP contribution >= 0.6 is 0 Å². The first-order valence-corrected chi connectivity index (χ1v) is 8.47. The van der Waals surface area contributed by atoms with E-state index >= 15 is 0 Å². The number of ether oxygens (including phenoxy) is 3. The van der Waals surface area contributed by atoms with E-state index in [1.807, 2.05) is 31.2 Å². The molecule has 0 radical (unpaired) electrons. The largest absolute Gasteiger partial charge is 0.466 e. The molecule has 0 atom stereocenters. The number of esters is 2. The van der Waals surface area contributed by atoms with Gasteiger partial charge in [-0.1, -0.05) is 42.0 Å². The number of anilines is 1. The lowest BCUT2D eigenvalue weighted by atomic mass is 10.0. The molecule has 0 fully saturated rings. The first-order valence-electron chi connectivity index (χ1n) is 8.47.